The van der Waals surface area contributed by atoms with Gasteiger partial charge in [-0.1, -0.05) is 18.2 Å². The molecule has 2 aromatic carbocycles. The highest BCUT2D eigenvalue weighted by atomic mass is 19.1. The third kappa shape index (κ3) is 3.95. The third-order valence-corrected chi connectivity index (χ3v) is 4.27. The molecule has 0 saturated carbocycles. The maximum absolute atomic E-state index is 14.1. The van der Waals surface area contributed by atoms with Gasteiger partial charge in [0.25, 0.3) is 0 Å². The minimum atomic E-state index is -0.661. The van der Waals surface area contributed by atoms with Crippen molar-refractivity contribution in [2.45, 2.75) is 20.5 Å². The summed E-state index contributed by atoms with van der Waals surface area (Å²) in [6.07, 6.45) is 1.61. The zero-order chi connectivity index (χ0) is 20.3. The number of ether oxygens (including phenoxy) is 1. The van der Waals surface area contributed by atoms with E-state index in [1.165, 1.54) is 10.7 Å². The van der Waals surface area contributed by atoms with E-state index in [1.54, 1.807) is 36.5 Å². The molecule has 0 fully saturated rings. The van der Waals surface area contributed by atoms with Crippen LogP contribution in [0.1, 0.15) is 16.7 Å². The summed E-state index contributed by atoms with van der Waals surface area (Å²) >= 11 is 0. The second-order valence-corrected chi connectivity index (χ2v) is 6.23. The number of halogens is 1. The van der Waals surface area contributed by atoms with Gasteiger partial charge in [0, 0.05) is 17.8 Å². The fraction of sp³-hybridized carbons (Fsp3) is 0.158. The van der Waals surface area contributed by atoms with Gasteiger partial charge < -0.3 is 4.74 Å². The largest absolute Gasteiger partial charge is 0.472 e. The van der Waals surface area contributed by atoms with Crippen LogP contribution in [0.4, 0.5) is 14.9 Å². The summed E-state index contributed by atoms with van der Waals surface area (Å²) < 4.78 is 21.3. The van der Waals surface area contributed by atoms with Gasteiger partial charge in [-0.25, -0.2) is 30.6 Å². The molecule has 3 rings (SSSR count). The first-order valence-electron chi connectivity index (χ1n) is 8.49. The molecule has 0 unspecified atom stereocenters. The van der Waals surface area contributed by atoms with Crippen LogP contribution >= 0.6 is 0 Å². The van der Waals surface area contributed by atoms with Gasteiger partial charge in [0.2, 0.25) is 5.88 Å². The van der Waals surface area contributed by atoms with Crippen LogP contribution in [0.5, 0.6) is 5.88 Å². The van der Waals surface area contributed by atoms with Crippen LogP contribution in [0.25, 0.3) is 5.69 Å². The van der Waals surface area contributed by atoms with E-state index in [9.17, 15) is 9.18 Å². The summed E-state index contributed by atoms with van der Waals surface area (Å²) in [6, 6.07) is 11.2. The Morgan fingerprint density at radius 1 is 1.29 bits per heavy atom. The number of hydrogen-bond acceptors (Lipinski definition) is 5. The van der Waals surface area contributed by atoms with E-state index in [2.05, 4.69) is 5.10 Å². The predicted octanol–water partition coefficient (Wildman–Crippen LogP) is 2.47. The Balaban J connectivity index is 1.80. The van der Waals surface area contributed by atoms with Gasteiger partial charge in [0.15, 0.2) is 0 Å². The van der Waals surface area contributed by atoms with Gasteiger partial charge >= 0.3 is 6.03 Å². The van der Waals surface area contributed by atoms with Crippen molar-refractivity contribution in [2.75, 3.05) is 5.01 Å². The Morgan fingerprint density at radius 3 is 2.79 bits per heavy atom. The predicted molar refractivity (Wildman–Crippen MR) is 103 cm³/mol. The normalized spacial score (nSPS) is 10.6. The average Bonchev–Trinajstić information content (AvgIpc) is 3.14. The molecule has 0 saturated heterocycles. The molecule has 0 aliphatic carbocycles. The van der Waals surface area contributed by atoms with Gasteiger partial charge in [-0.15, -0.1) is 5.10 Å². The Morgan fingerprint density at radius 2 is 2.07 bits per heavy atom. The molecule has 5 N–H and O–H groups in total. The number of carbonyl (C=O) groups excluding carboxylic acids is 1. The van der Waals surface area contributed by atoms with E-state index in [0.29, 0.717) is 22.8 Å². The van der Waals surface area contributed by atoms with Crippen LogP contribution in [-0.2, 0) is 6.61 Å². The molecule has 0 bridgehead atoms. The standard InChI is InChI=1S/C19H21FN6O2/c1-12-6-7-17(15(20)10-12)25-9-8-18(24-25)28-11-14-13(2)4-3-5-16(14)26(22)19(27)23-21/h3-10H,11,21-22H2,1-2H3,(H,23,27). The second-order valence-electron chi connectivity index (χ2n) is 6.23. The molecule has 0 aliphatic heterocycles. The molecule has 0 aliphatic rings. The summed E-state index contributed by atoms with van der Waals surface area (Å²) in [4.78, 5) is 11.7. The lowest BCUT2D eigenvalue weighted by Gasteiger charge is -2.20. The summed E-state index contributed by atoms with van der Waals surface area (Å²) in [5.41, 5.74) is 5.16. The number of nitrogens with two attached hydrogens (primary N) is 2. The van der Waals surface area contributed by atoms with E-state index in [1.807, 2.05) is 25.3 Å². The maximum atomic E-state index is 14.1. The van der Waals surface area contributed by atoms with Crippen molar-refractivity contribution in [3.63, 3.8) is 0 Å². The quantitative estimate of drug-likeness (QED) is 0.355. The summed E-state index contributed by atoms with van der Waals surface area (Å²) in [5, 5.41) is 5.16. The SMILES string of the molecule is Cc1ccc(-n2ccc(OCc3c(C)cccc3N(N)C(=O)NN)n2)c(F)c1. The minimum absolute atomic E-state index is 0.112. The van der Waals surface area contributed by atoms with Crippen LogP contribution in [0, 0.1) is 19.7 Å². The van der Waals surface area contributed by atoms with Crippen LogP contribution < -0.4 is 26.9 Å². The Labute approximate surface area is 161 Å². The van der Waals surface area contributed by atoms with Crippen molar-refractivity contribution < 1.29 is 13.9 Å². The molecular weight excluding hydrogens is 363 g/mol. The van der Waals surface area contributed by atoms with E-state index >= 15 is 0 Å². The summed E-state index contributed by atoms with van der Waals surface area (Å²) in [5.74, 6) is 10.9. The number of amides is 2. The number of urea groups is 1. The van der Waals surface area contributed by atoms with Gasteiger partial charge in [-0.2, -0.15) is 0 Å². The van der Waals surface area contributed by atoms with Crippen LogP contribution in [-0.4, -0.2) is 15.8 Å². The highest BCUT2D eigenvalue weighted by Gasteiger charge is 2.17. The topological polar surface area (TPSA) is 111 Å². The first-order chi connectivity index (χ1) is 13.4. The van der Waals surface area contributed by atoms with Crippen molar-refractivity contribution in [3.8, 4) is 11.6 Å². The zero-order valence-electron chi connectivity index (χ0n) is 15.5. The molecule has 1 aromatic heterocycles. The first kappa shape index (κ1) is 19.3. The molecule has 9 heteroatoms. The first-order valence-corrected chi connectivity index (χ1v) is 8.49. The van der Waals surface area contributed by atoms with E-state index in [0.717, 1.165) is 16.1 Å². The fourth-order valence-electron chi connectivity index (χ4n) is 2.74. The Hall–Kier alpha value is -3.43. The van der Waals surface area contributed by atoms with E-state index in [4.69, 9.17) is 16.4 Å². The molecule has 1 heterocycles. The molecule has 146 valence electrons. The van der Waals surface area contributed by atoms with Crippen molar-refractivity contribution in [3.05, 3.63) is 71.2 Å². The molecular formula is C19H21FN6O2. The highest BCUT2D eigenvalue weighted by molar-refractivity contribution is 5.91. The second kappa shape index (κ2) is 8.07. The van der Waals surface area contributed by atoms with Gasteiger partial charge in [-0.3, -0.25) is 5.43 Å². The molecule has 3 aromatic rings. The number of aromatic nitrogens is 2. The van der Waals surface area contributed by atoms with E-state index < -0.39 is 6.03 Å². The average molecular weight is 384 g/mol. The van der Waals surface area contributed by atoms with Crippen molar-refractivity contribution in [2.24, 2.45) is 11.7 Å². The minimum Gasteiger partial charge on any atom is -0.472 e. The number of anilines is 1. The number of nitrogens with zero attached hydrogens (tertiary/aromatic N) is 3. The molecule has 8 nitrogen and oxygen atoms in total. The zero-order valence-corrected chi connectivity index (χ0v) is 15.5. The number of hydrazine groups is 2. The highest BCUT2D eigenvalue weighted by Crippen LogP contribution is 2.24. The van der Waals surface area contributed by atoms with Crippen LogP contribution in [0.3, 0.4) is 0 Å². The molecule has 0 radical (unpaired) electrons. The lowest BCUT2D eigenvalue weighted by molar-refractivity contribution is 0.246. The smallest absolute Gasteiger partial charge is 0.350 e. The Kier molecular flexibility index (Phi) is 5.57. The molecule has 2 amide bonds. The number of rotatable bonds is 5. The van der Waals surface area contributed by atoms with Crippen molar-refractivity contribution in [1.82, 2.24) is 15.2 Å². The number of aryl methyl sites for hydroxylation is 2. The maximum Gasteiger partial charge on any atom is 0.350 e. The summed E-state index contributed by atoms with van der Waals surface area (Å²) in [6.45, 7) is 3.80. The number of nitrogens with one attached hydrogen (secondary N) is 1. The van der Waals surface area contributed by atoms with Gasteiger partial charge in [0.1, 0.15) is 18.1 Å². The number of carbonyl (C=O) groups is 1. The van der Waals surface area contributed by atoms with Gasteiger partial charge in [-0.05, 0) is 43.2 Å². The molecule has 0 atom stereocenters. The van der Waals surface area contributed by atoms with E-state index in [-0.39, 0.29) is 12.4 Å². The Bertz CT molecular complexity index is 1000. The number of benzene rings is 2. The fourth-order valence-corrected chi connectivity index (χ4v) is 2.74. The lowest BCUT2D eigenvalue weighted by atomic mass is 10.1. The molecule has 28 heavy (non-hydrogen) atoms. The van der Waals surface area contributed by atoms with Gasteiger partial charge in [0.05, 0.1) is 5.69 Å². The van der Waals surface area contributed by atoms with Crippen molar-refractivity contribution >= 4 is 11.7 Å². The summed E-state index contributed by atoms with van der Waals surface area (Å²) in [7, 11) is 0. The monoisotopic (exact) mass is 384 g/mol. The van der Waals surface area contributed by atoms with Crippen LogP contribution in [0.2, 0.25) is 0 Å². The lowest BCUT2D eigenvalue weighted by Crippen LogP contribution is -2.48. The molecule has 0 spiro atoms. The van der Waals surface area contributed by atoms with Crippen LogP contribution in [0.15, 0.2) is 48.7 Å². The third-order valence-electron chi connectivity index (χ3n) is 4.27. The van der Waals surface area contributed by atoms with Crippen molar-refractivity contribution in [1.29, 1.82) is 0 Å². The number of hydrogen-bond donors (Lipinski definition) is 3.